The average Bonchev–Trinajstić information content (AvgIpc) is 3.05. The quantitative estimate of drug-likeness (QED) is 0.580. The Morgan fingerprint density at radius 3 is 2.75 bits per heavy atom. The van der Waals surface area contributed by atoms with Gasteiger partial charge >= 0.3 is 0 Å². The van der Waals surface area contributed by atoms with E-state index in [1.807, 2.05) is 36.4 Å². The zero-order chi connectivity index (χ0) is 16.5. The molecule has 0 fully saturated rings. The predicted octanol–water partition coefficient (Wildman–Crippen LogP) is 4.12. The monoisotopic (exact) mass is 354 g/mol. The molecule has 7 heteroatoms. The lowest BCUT2D eigenvalue weighted by Crippen LogP contribution is -2.05. The van der Waals surface area contributed by atoms with Gasteiger partial charge in [0.05, 0.1) is 34.0 Å². The molecular formula is C17H11ClN4OS. The second-order valence-corrected chi connectivity index (χ2v) is 6.68. The molecule has 4 rings (SSSR count). The molecule has 0 radical (unpaired) electrons. The molecule has 0 atom stereocenters. The van der Waals surface area contributed by atoms with Crippen LogP contribution in [0.2, 0.25) is 5.02 Å². The first-order valence-corrected chi connectivity index (χ1v) is 8.35. The minimum atomic E-state index is -0.146. The first-order valence-electron chi connectivity index (χ1n) is 7.15. The standard InChI is InChI=1S/C17H11ClN4OS/c18-11-2-4-12(5-3-11)24-15-8-21-22-16(15)10-1-6-13-14(7-10)19-9-20-17(13)23/h1-9H,(H,21,22)(H,19,20,23). The minimum absolute atomic E-state index is 0.146. The van der Waals surface area contributed by atoms with E-state index in [1.165, 1.54) is 6.33 Å². The second kappa shape index (κ2) is 6.14. The van der Waals surface area contributed by atoms with Crippen LogP contribution in [-0.4, -0.2) is 20.2 Å². The number of nitrogens with zero attached hydrogens (tertiary/aromatic N) is 2. The first kappa shape index (κ1) is 15.0. The summed E-state index contributed by atoms with van der Waals surface area (Å²) in [4.78, 5) is 20.6. The normalized spacial score (nSPS) is 11.0. The van der Waals surface area contributed by atoms with Crippen molar-refractivity contribution in [3.8, 4) is 11.3 Å². The van der Waals surface area contributed by atoms with Crippen LogP contribution in [0.5, 0.6) is 0 Å². The number of hydrogen-bond acceptors (Lipinski definition) is 4. The van der Waals surface area contributed by atoms with Gasteiger partial charge in [0.2, 0.25) is 0 Å². The number of halogens is 1. The van der Waals surface area contributed by atoms with Gasteiger partial charge in [-0.25, -0.2) is 4.98 Å². The van der Waals surface area contributed by atoms with Gasteiger partial charge in [-0.2, -0.15) is 5.10 Å². The molecule has 0 aliphatic heterocycles. The lowest BCUT2D eigenvalue weighted by Gasteiger charge is -2.05. The Kier molecular flexibility index (Phi) is 3.84. The highest BCUT2D eigenvalue weighted by Crippen LogP contribution is 2.35. The van der Waals surface area contributed by atoms with Crippen LogP contribution in [0.25, 0.3) is 22.2 Å². The third-order valence-electron chi connectivity index (χ3n) is 3.58. The molecule has 0 saturated heterocycles. The molecule has 2 aromatic carbocycles. The Labute approximate surface area is 146 Å². The largest absolute Gasteiger partial charge is 0.313 e. The van der Waals surface area contributed by atoms with Crippen molar-refractivity contribution in [2.24, 2.45) is 0 Å². The summed E-state index contributed by atoms with van der Waals surface area (Å²) in [6.45, 7) is 0. The molecule has 5 nitrogen and oxygen atoms in total. The van der Waals surface area contributed by atoms with E-state index in [0.717, 1.165) is 21.0 Å². The number of aromatic amines is 2. The SMILES string of the molecule is O=c1[nH]cnc2cc(-c3[nH]ncc3Sc3ccc(Cl)cc3)ccc12. The molecule has 0 bridgehead atoms. The van der Waals surface area contributed by atoms with Crippen LogP contribution in [0.3, 0.4) is 0 Å². The van der Waals surface area contributed by atoms with Gasteiger partial charge in [-0.3, -0.25) is 9.89 Å². The number of aromatic nitrogens is 4. The van der Waals surface area contributed by atoms with E-state index in [9.17, 15) is 4.79 Å². The van der Waals surface area contributed by atoms with Gasteiger partial charge in [0.1, 0.15) is 0 Å². The zero-order valence-electron chi connectivity index (χ0n) is 12.3. The second-order valence-electron chi connectivity index (χ2n) is 5.13. The van der Waals surface area contributed by atoms with Gasteiger partial charge in [0, 0.05) is 15.5 Å². The summed E-state index contributed by atoms with van der Waals surface area (Å²) < 4.78 is 0. The topological polar surface area (TPSA) is 74.4 Å². The van der Waals surface area contributed by atoms with Crippen molar-refractivity contribution in [3.63, 3.8) is 0 Å². The van der Waals surface area contributed by atoms with Gasteiger partial charge in [0.25, 0.3) is 5.56 Å². The Bertz CT molecular complexity index is 1070. The molecule has 0 saturated carbocycles. The molecule has 118 valence electrons. The molecule has 2 N–H and O–H groups in total. The summed E-state index contributed by atoms with van der Waals surface area (Å²) in [6, 6.07) is 13.2. The van der Waals surface area contributed by atoms with Crippen LogP contribution in [0.4, 0.5) is 0 Å². The number of hydrogen-bond donors (Lipinski definition) is 2. The maximum Gasteiger partial charge on any atom is 0.258 e. The highest BCUT2D eigenvalue weighted by Gasteiger charge is 2.11. The molecule has 0 aliphatic rings. The molecule has 0 unspecified atom stereocenters. The Morgan fingerprint density at radius 1 is 1.08 bits per heavy atom. The number of nitrogens with one attached hydrogen (secondary N) is 2. The highest BCUT2D eigenvalue weighted by molar-refractivity contribution is 7.99. The zero-order valence-corrected chi connectivity index (χ0v) is 13.9. The van der Waals surface area contributed by atoms with Crippen LogP contribution in [0.1, 0.15) is 0 Å². The molecule has 2 heterocycles. The van der Waals surface area contributed by atoms with Gasteiger partial charge in [-0.15, -0.1) is 0 Å². The lowest BCUT2D eigenvalue weighted by molar-refractivity contribution is 1.09. The van der Waals surface area contributed by atoms with E-state index in [-0.39, 0.29) is 5.56 Å². The van der Waals surface area contributed by atoms with E-state index < -0.39 is 0 Å². The highest BCUT2D eigenvalue weighted by atomic mass is 35.5. The minimum Gasteiger partial charge on any atom is -0.313 e. The van der Waals surface area contributed by atoms with Crippen molar-refractivity contribution in [2.45, 2.75) is 9.79 Å². The third-order valence-corrected chi connectivity index (χ3v) is 4.87. The predicted molar refractivity (Wildman–Crippen MR) is 95.5 cm³/mol. The Hall–Kier alpha value is -2.57. The van der Waals surface area contributed by atoms with E-state index in [1.54, 1.807) is 24.0 Å². The first-order chi connectivity index (χ1) is 11.7. The maximum atomic E-state index is 11.8. The Morgan fingerprint density at radius 2 is 1.92 bits per heavy atom. The van der Waals surface area contributed by atoms with Crippen LogP contribution >= 0.6 is 23.4 Å². The fraction of sp³-hybridized carbons (Fsp3) is 0. The van der Waals surface area contributed by atoms with Crippen LogP contribution in [0, 0.1) is 0 Å². The smallest absolute Gasteiger partial charge is 0.258 e. The van der Waals surface area contributed by atoms with Crippen LogP contribution in [0.15, 0.2) is 69.6 Å². The van der Waals surface area contributed by atoms with Gasteiger partial charge < -0.3 is 4.98 Å². The fourth-order valence-electron chi connectivity index (χ4n) is 2.41. The summed E-state index contributed by atoms with van der Waals surface area (Å²) in [7, 11) is 0. The summed E-state index contributed by atoms with van der Waals surface area (Å²) in [6.07, 6.45) is 3.19. The van der Waals surface area contributed by atoms with Crippen LogP contribution in [-0.2, 0) is 0 Å². The van der Waals surface area contributed by atoms with E-state index in [4.69, 9.17) is 11.6 Å². The van der Waals surface area contributed by atoms with Crippen molar-refractivity contribution in [1.82, 2.24) is 20.2 Å². The summed E-state index contributed by atoms with van der Waals surface area (Å²) in [5, 5.41) is 8.44. The number of H-pyrrole nitrogens is 2. The molecule has 0 aliphatic carbocycles. The van der Waals surface area contributed by atoms with Crippen molar-refractivity contribution < 1.29 is 0 Å². The summed E-state index contributed by atoms with van der Waals surface area (Å²) in [5.74, 6) is 0. The average molecular weight is 355 g/mol. The number of benzene rings is 2. The molecule has 0 spiro atoms. The van der Waals surface area contributed by atoms with Crippen molar-refractivity contribution in [3.05, 3.63) is 70.4 Å². The van der Waals surface area contributed by atoms with E-state index in [2.05, 4.69) is 20.2 Å². The van der Waals surface area contributed by atoms with E-state index in [0.29, 0.717) is 15.9 Å². The number of rotatable bonds is 3. The fourth-order valence-corrected chi connectivity index (χ4v) is 3.44. The Balaban J connectivity index is 1.74. The van der Waals surface area contributed by atoms with Gasteiger partial charge in [-0.1, -0.05) is 29.4 Å². The van der Waals surface area contributed by atoms with Gasteiger partial charge in [-0.05, 0) is 36.4 Å². The molecule has 24 heavy (non-hydrogen) atoms. The van der Waals surface area contributed by atoms with Crippen molar-refractivity contribution >= 4 is 34.3 Å². The maximum absolute atomic E-state index is 11.8. The van der Waals surface area contributed by atoms with Gasteiger partial charge in [0.15, 0.2) is 0 Å². The molecule has 2 aromatic heterocycles. The third kappa shape index (κ3) is 2.81. The van der Waals surface area contributed by atoms with Crippen molar-refractivity contribution in [2.75, 3.05) is 0 Å². The van der Waals surface area contributed by atoms with Crippen LogP contribution < -0.4 is 5.56 Å². The number of fused-ring (bicyclic) bond motifs is 1. The van der Waals surface area contributed by atoms with E-state index >= 15 is 0 Å². The molecular weight excluding hydrogens is 344 g/mol. The molecule has 4 aromatic rings. The summed E-state index contributed by atoms with van der Waals surface area (Å²) >= 11 is 7.52. The molecule has 0 amide bonds. The van der Waals surface area contributed by atoms with Crippen molar-refractivity contribution in [1.29, 1.82) is 0 Å². The lowest BCUT2D eigenvalue weighted by atomic mass is 10.1. The summed E-state index contributed by atoms with van der Waals surface area (Å²) in [5.41, 5.74) is 2.31.